The molecule has 2 aromatic heterocycles. The second-order valence-electron chi connectivity index (χ2n) is 6.26. The first-order chi connectivity index (χ1) is 12.2. The van der Waals surface area contributed by atoms with E-state index >= 15 is 0 Å². The Kier molecular flexibility index (Phi) is 4.85. The molecule has 3 aromatic rings. The van der Waals surface area contributed by atoms with Crippen LogP contribution >= 0.6 is 23.1 Å². The van der Waals surface area contributed by atoms with Crippen LogP contribution in [0.3, 0.4) is 0 Å². The van der Waals surface area contributed by atoms with Gasteiger partial charge in [0.1, 0.15) is 17.2 Å². The lowest BCUT2D eigenvalue weighted by Crippen LogP contribution is -2.37. The summed E-state index contributed by atoms with van der Waals surface area (Å²) in [5.74, 6) is 0.0867. The maximum Gasteiger partial charge on any atom is 0.230 e. The van der Waals surface area contributed by atoms with Crippen LogP contribution in [0.25, 0.3) is 20.3 Å². The third-order valence-corrected chi connectivity index (χ3v) is 6.78. The Morgan fingerprint density at radius 3 is 2.96 bits per heavy atom. The van der Waals surface area contributed by atoms with Gasteiger partial charge in [-0.3, -0.25) is 4.79 Å². The van der Waals surface area contributed by atoms with Gasteiger partial charge in [-0.15, -0.1) is 11.3 Å². The lowest BCUT2D eigenvalue weighted by molar-refractivity contribution is -0.119. The highest BCUT2D eigenvalue weighted by Crippen LogP contribution is 2.38. The Bertz CT molecular complexity index is 921. The molecule has 4 nitrogen and oxygen atoms in total. The molecule has 1 aliphatic carbocycles. The minimum atomic E-state index is -0.270. The van der Waals surface area contributed by atoms with Gasteiger partial charge in [-0.1, -0.05) is 37.1 Å². The van der Waals surface area contributed by atoms with E-state index < -0.39 is 0 Å². The molecule has 1 N–H and O–H groups in total. The molecule has 0 radical (unpaired) electrons. The van der Waals surface area contributed by atoms with E-state index in [0.717, 1.165) is 27.3 Å². The summed E-state index contributed by atoms with van der Waals surface area (Å²) in [6.45, 7) is 0. The Labute approximate surface area is 153 Å². The third kappa shape index (κ3) is 3.48. The Balaban J connectivity index is 1.52. The molecule has 1 saturated carbocycles. The first-order valence-electron chi connectivity index (χ1n) is 8.46. The normalized spacial score (nSPS) is 15.7. The van der Waals surface area contributed by atoms with Crippen LogP contribution in [0, 0.1) is 5.82 Å². The van der Waals surface area contributed by atoms with Gasteiger partial charge in [-0.25, -0.2) is 14.4 Å². The van der Waals surface area contributed by atoms with Crippen LogP contribution in [-0.4, -0.2) is 27.7 Å². The number of rotatable bonds is 4. The van der Waals surface area contributed by atoms with Gasteiger partial charge in [-0.2, -0.15) is 0 Å². The summed E-state index contributed by atoms with van der Waals surface area (Å²) >= 11 is 2.86. The predicted octanol–water partition coefficient (Wildman–Crippen LogP) is 4.52. The smallest absolute Gasteiger partial charge is 0.230 e. The minimum Gasteiger partial charge on any atom is -0.353 e. The van der Waals surface area contributed by atoms with Gasteiger partial charge in [0.05, 0.1) is 21.4 Å². The van der Waals surface area contributed by atoms with Crippen LogP contribution in [0.1, 0.15) is 32.1 Å². The zero-order valence-corrected chi connectivity index (χ0v) is 15.3. The monoisotopic (exact) mass is 375 g/mol. The Morgan fingerprint density at radius 1 is 1.28 bits per heavy atom. The van der Waals surface area contributed by atoms with E-state index in [9.17, 15) is 9.18 Å². The van der Waals surface area contributed by atoms with Crippen molar-refractivity contribution >= 4 is 49.3 Å². The lowest BCUT2D eigenvalue weighted by atomic mass is 9.95. The third-order valence-electron chi connectivity index (χ3n) is 4.51. The summed E-state index contributed by atoms with van der Waals surface area (Å²) in [6, 6.07) is 5.34. The fourth-order valence-electron chi connectivity index (χ4n) is 3.31. The highest BCUT2D eigenvalue weighted by atomic mass is 32.2. The van der Waals surface area contributed by atoms with E-state index in [1.807, 2.05) is 6.07 Å². The van der Waals surface area contributed by atoms with Crippen LogP contribution < -0.4 is 5.32 Å². The van der Waals surface area contributed by atoms with Crippen molar-refractivity contribution in [2.24, 2.45) is 0 Å². The molecule has 0 atom stereocenters. The van der Waals surface area contributed by atoms with Crippen LogP contribution in [0.5, 0.6) is 0 Å². The number of carbonyl (C=O) groups excluding carboxylic acids is 1. The largest absolute Gasteiger partial charge is 0.353 e. The van der Waals surface area contributed by atoms with Gasteiger partial charge in [0.15, 0.2) is 0 Å². The summed E-state index contributed by atoms with van der Waals surface area (Å²) in [7, 11) is 0. The molecule has 0 aliphatic heterocycles. The molecule has 2 heterocycles. The van der Waals surface area contributed by atoms with Gasteiger partial charge < -0.3 is 5.32 Å². The maximum atomic E-state index is 14.1. The number of hydrogen-bond acceptors (Lipinski definition) is 5. The van der Waals surface area contributed by atoms with E-state index in [0.29, 0.717) is 22.7 Å². The number of aromatic nitrogens is 2. The van der Waals surface area contributed by atoms with E-state index in [1.54, 1.807) is 6.07 Å². The minimum absolute atomic E-state index is 0.0379. The molecule has 0 saturated heterocycles. The fraction of sp³-hybridized carbons (Fsp3) is 0.389. The highest BCUT2D eigenvalue weighted by Gasteiger charge is 2.18. The summed E-state index contributed by atoms with van der Waals surface area (Å²) in [5, 5.41) is 4.39. The highest BCUT2D eigenvalue weighted by molar-refractivity contribution is 8.00. The van der Waals surface area contributed by atoms with Gasteiger partial charge in [0, 0.05) is 10.7 Å². The number of benzene rings is 1. The van der Waals surface area contributed by atoms with Crippen molar-refractivity contribution in [2.45, 2.75) is 43.2 Å². The number of thiophene rings is 1. The fourth-order valence-corrected chi connectivity index (χ4v) is 5.37. The van der Waals surface area contributed by atoms with Crippen molar-refractivity contribution < 1.29 is 9.18 Å². The molecule has 25 heavy (non-hydrogen) atoms. The summed E-state index contributed by atoms with van der Waals surface area (Å²) in [6.07, 6.45) is 7.24. The van der Waals surface area contributed by atoms with Gasteiger partial charge in [0.2, 0.25) is 5.91 Å². The average molecular weight is 375 g/mol. The van der Waals surface area contributed by atoms with Gasteiger partial charge in [0.25, 0.3) is 0 Å². The van der Waals surface area contributed by atoms with E-state index in [1.165, 1.54) is 54.8 Å². The maximum absolute atomic E-state index is 14.1. The molecule has 0 unspecified atom stereocenters. The van der Waals surface area contributed by atoms with Crippen LogP contribution in [0.2, 0.25) is 0 Å². The van der Waals surface area contributed by atoms with Crippen LogP contribution in [0.4, 0.5) is 4.39 Å². The molecular weight excluding hydrogens is 357 g/mol. The number of thioether (sulfide) groups is 1. The van der Waals surface area contributed by atoms with Crippen molar-refractivity contribution in [3.05, 3.63) is 30.3 Å². The Morgan fingerprint density at radius 2 is 2.12 bits per heavy atom. The van der Waals surface area contributed by atoms with Crippen molar-refractivity contribution in [3.8, 4) is 0 Å². The number of halogens is 1. The molecule has 7 heteroatoms. The first kappa shape index (κ1) is 16.7. The number of fused-ring (bicyclic) bond motifs is 3. The Hall–Kier alpha value is -1.73. The second-order valence-corrected chi connectivity index (χ2v) is 8.28. The van der Waals surface area contributed by atoms with Crippen LogP contribution in [-0.2, 0) is 4.79 Å². The number of amides is 1. The van der Waals surface area contributed by atoms with E-state index in [2.05, 4.69) is 15.3 Å². The number of carbonyl (C=O) groups is 1. The topological polar surface area (TPSA) is 54.9 Å². The first-order valence-corrected chi connectivity index (χ1v) is 10.3. The molecule has 1 aromatic carbocycles. The molecular formula is C18H18FN3OS2. The quantitative estimate of drug-likeness (QED) is 0.538. The molecule has 1 fully saturated rings. The standard InChI is InChI=1S/C18H18FN3OS2/c19-12-7-4-8-13-15(12)16-17(25-13)18(21-10-20-16)24-9-14(23)22-11-5-2-1-3-6-11/h4,7-8,10-11H,1-3,5-6,9H2,(H,22,23). The summed E-state index contributed by atoms with van der Waals surface area (Å²) < 4.78 is 15.8. The molecule has 4 rings (SSSR count). The lowest BCUT2D eigenvalue weighted by Gasteiger charge is -2.22. The van der Waals surface area contributed by atoms with E-state index in [-0.39, 0.29) is 11.7 Å². The molecule has 130 valence electrons. The SMILES string of the molecule is O=C(CSc1ncnc2c1sc1cccc(F)c12)NC1CCCCC1. The molecule has 0 bridgehead atoms. The molecule has 1 amide bonds. The van der Waals surface area contributed by atoms with Crippen molar-refractivity contribution in [1.29, 1.82) is 0 Å². The number of hydrogen-bond donors (Lipinski definition) is 1. The number of nitrogens with one attached hydrogen (secondary N) is 1. The average Bonchev–Trinajstić information content (AvgIpc) is 3.01. The van der Waals surface area contributed by atoms with E-state index in [4.69, 9.17) is 0 Å². The summed E-state index contributed by atoms with van der Waals surface area (Å²) in [4.78, 5) is 20.8. The van der Waals surface area contributed by atoms with Crippen molar-refractivity contribution in [1.82, 2.24) is 15.3 Å². The molecule has 0 spiro atoms. The second kappa shape index (κ2) is 7.25. The predicted molar refractivity (Wildman–Crippen MR) is 101 cm³/mol. The summed E-state index contributed by atoms with van der Waals surface area (Å²) in [5.41, 5.74) is 0.628. The zero-order chi connectivity index (χ0) is 17.2. The molecule has 1 aliphatic rings. The van der Waals surface area contributed by atoms with Crippen LogP contribution in [0.15, 0.2) is 29.6 Å². The number of nitrogens with zero attached hydrogens (tertiary/aromatic N) is 2. The van der Waals surface area contributed by atoms with Crippen molar-refractivity contribution in [3.63, 3.8) is 0 Å². The van der Waals surface area contributed by atoms with Crippen molar-refractivity contribution in [2.75, 3.05) is 5.75 Å². The van der Waals surface area contributed by atoms with Gasteiger partial charge in [-0.05, 0) is 25.0 Å². The zero-order valence-electron chi connectivity index (χ0n) is 13.6. The van der Waals surface area contributed by atoms with Gasteiger partial charge >= 0.3 is 0 Å².